The maximum atomic E-state index is 12.4. The summed E-state index contributed by atoms with van der Waals surface area (Å²) < 4.78 is 0.811. The SMILES string of the molecule is Cc1cc(NC2CCC(NC(=O)c3cncc(Br)c3)CC2)nc2ccccc12.Cl.Cl. The lowest BCUT2D eigenvalue weighted by molar-refractivity contribution is 0.0926. The van der Waals surface area contributed by atoms with E-state index in [0.717, 1.165) is 41.5 Å². The zero-order valence-electron chi connectivity index (χ0n) is 16.6. The molecule has 0 bridgehead atoms. The van der Waals surface area contributed by atoms with Crippen LogP contribution in [-0.4, -0.2) is 28.0 Å². The Morgan fingerprint density at radius 2 is 1.73 bits per heavy atom. The zero-order valence-corrected chi connectivity index (χ0v) is 19.8. The van der Waals surface area contributed by atoms with Crippen molar-refractivity contribution >= 4 is 63.4 Å². The molecule has 3 aromatic rings. The number of hydrogen-bond donors (Lipinski definition) is 2. The minimum Gasteiger partial charge on any atom is -0.367 e. The normalized spacial score (nSPS) is 18.1. The first kappa shape index (κ1) is 24.4. The molecule has 0 atom stereocenters. The molecule has 8 heteroatoms. The quantitative estimate of drug-likeness (QED) is 0.471. The Hall–Kier alpha value is -1.89. The van der Waals surface area contributed by atoms with Crippen molar-refractivity contribution < 1.29 is 4.79 Å². The van der Waals surface area contributed by atoms with Crippen LogP contribution in [0, 0.1) is 6.92 Å². The first-order chi connectivity index (χ1) is 13.6. The average molecular weight is 512 g/mol. The summed E-state index contributed by atoms with van der Waals surface area (Å²) in [6.45, 7) is 2.12. The number of fused-ring (bicyclic) bond motifs is 1. The molecule has 0 radical (unpaired) electrons. The molecule has 1 saturated carbocycles. The standard InChI is InChI=1S/C22H23BrN4O.2ClH/c1-14-10-21(27-20-5-3-2-4-19(14)20)25-17-6-8-18(9-7-17)26-22(28)15-11-16(23)13-24-12-15;;/h2-5,10-13,17-18H,6-9H2,1H3,(H,25,27)(H,26,28);2*1H. The van der Waals surface area contributed by atoms with Crippen molar-refractivity contribution in [1.29, 1.82) is 0 Å². The topological polar surface area (TPSA) is 66.9 Å². The van der Waals surface area contributed by atoms with Gasteiger partial charge in [0.15, 0.2) is 0 Å². The lowest BCUT2D eigenvalue weighted by atomic mass is 9.91. The van der Waals surface area contributed by atoms with Gasteiger partial charge in [-0.05, 0) is 72.3 Å². The third-order valence-electron chi connectivity index (χ3n) is 5.30. The summed E-state index contributed by atoms with van der Waals surface area (Å²) in [5.74, 6) is 0.876. The van der Waals surface area contributed by atoms with E-state index in [-0.39, 0.29) is 36.8 Å². The van der Waals surface area contributed by atoms with Crippen molar-refractivity contribution in [3.8, 4) is 0 Å². The van der Waals surface area contributed by atoms with E-state index in [9.17, 15) is 4.79 Å². The minimum atomic E-state index is -0.0583. The van der Waals surface area contributed by atoms with Gasteiger partial charge in [0, 0.05) is 34.3 Å². The number of benzene rings is 1. The first-order valence-electron chi connectivity index (χ1n) is 9.63. The molecule has 0 spiro atoms. The van der Waals surface area contributed by atoms with E-state index in [0.29, 0.717) is 11.6 Å². The molecule has 5 nitrogen and oxygen atoms in total. The summed E-state index contributed by atoms with van der Waals surface area (Å²) in [6.07, 6.45) is 7.20. The predicted molar refractivity (Wildman–Crippen MR) is 130 cm³/mol. The van der Waals surface area contributed by atoms with Gasteiger partial charge in [0.25, 0.3) is 5.91 Å². The third-order valence-corrected chi connectivity index (χ3v) is 5.74. The Kier molecular flexibility index (Phi) is 8.89. The number of pyridine rings is 2. The number of nitrogens with zero attached hydrogens (tertiary/aromatic N) is 2. The Balaban J connectivity index is 0.00000160. The van der Waals surface area contributed by atoms with Gasteiger partial charge in [0.1, 0.15) is 5.82 Å². The van der Waals surface area contributed by atoms with Crippen molar-refractivity contribution in [2.45, 2.75) is 44.7 Å². The van der Waals surface area contributed by atoms with Gasteiger partial charge in [-0.15, -0.1) is 24.8 Å². The van der Waals surface area contributed by atoms with E-state index >= 15 is 0 Å². The highest BCUT2D eigenvalue weighted by molar-refractivity contribution is 9.10. The van der Waals surface area contributed by atoms with Crippen LogP contribution in [0.25, 0.3) is 10.9 Å². The van der Waals surface area contributed by atoms with Crippen molar-refractivity contribution in [2.75, 3.05) is 5.32 Å². The molecule has 30 heavy (non-hydrogen) atoms. The van der Waals surface area contributed by atoms with E-state index in [1.165, 1.54) is 10.9 Å². The van der Waals surface area contributed by atoms with Gasteiger partial charge in [-0.2, -0.15) is 0 Å². The number of hydrogen-bond acceptors (Lipinski definition) is 4. The molecule has 0 saturated heterocycles. The van der Waals surface area contributed by atoms with E-state index < -0.39 is 0 Å². The van der Waals surface area contributed by atoms with Crippen molar-refractivity contribution in [3.63, 3.8) is 0 Å². The van der Waals surface area contributed by atoms with Gasteiger partial charge in [0.05, 0.1) is 11.1 Å². The van der Waals surface area contributed by atoms with E-state index in [1.807, 2.05) is 12.1 Å². The molecule has 4 rings (SSSR count). The Morgan fingerprint density at radius 1 is 1.03 bits per heavy atom. The van der Waals surface area contributed by atoms with Crippen LogP contribution in [0.3, 0.4) is 0 Å². The molecule has 2 aromatic heterocycles. The second-order valence-corrected chi connectivity index (χ2v) is 8.32. The molecule has 2 N–H and O–H groups in total. The van der Waals surface area contributed by atoms with Crippen LogP contribution in [0.15, 0.2) is 53.3 Å². The predicted octanol–water partition coefficient (Wildman–Crippen LogP) is 5.70. The molecular formula is C22H25BrCl2N4O. The zero-order chi connectivity index (χ0) is 19.5. The molecule has 0 aliphatic heterocycles. The molecule has 1 aliphatic rings. The number of aryl methyl sites for hydroxylation is 1. The number of carbonyl (C=O) groups is 1. The molecule has 1 aliphatic carbocycles. The van der Waals surface area contributed by atoms with Crippen molar-refractivity contribution in [2.24, 2.45) is 0 Å². The molecule has 2 heterocycles. The summed E-state index contributed by atoms with van der Waals surface area (Å²) in [5, 5.41) is 7.92. The number of anilines is 1. The van der Waals surface area contributed by atoms with Crippen molar-refractivity contribution in [1.82, 2.24) is 15.3 Å². The number of para-hydroxylation sites is 1. The van der Waals surface area contributed by atoms with Crippen LogP contribution in [0.2, 0.25) is 0 Å². The highest BCUT2D eigenvalue weighted by Gasteiger charge is 2.23. The highest BCUT2D eigenvalue weighted by Crippen LogP contribution is 2.25. The van der Waals surface area contributed by atoms with Crippen LogP contribution in [0.1, 0.15) is 41.6 Å². The van der Waals surface area contributed by atoms with Crippen LogP contribution in [-0.2, 0) is 0 Å². The fraction of sp³-hybridized carbons (Fsp3) is 0.318. The molecule has 160 valence electrons. The average Bonchev–Trinajstić information content (AvgIpc) is 2.69. The molecule has 1 aromatic carbocycles. The van der Waals surface area contributed by atoms with Crippen LogP contribution in [0.4, 0.5) is 5.82 Å². The fourth-order valence-electron chi connectivity index (χ4n) is 3.82. The summed E-state index contributed by atoms with van der Waals surface area (Å²) in [4.78, 5) is 21.2. The monoisotopic (exact) mass is 510 g/mol. The third kappa shape index (κ3) is 5.84. The maximum Gasteiger partial charge on any atom is 0.253 e. The van der Waals surface area contributed by atoms with Gasteiger partial charge < -0.3 is 10.6 Å². The van der Waals surface area contributed by atoms with Gasteiger partial charge in [0.2, 0.25) is 0 Å². The number of nitrogens with one attached hydrogen (secondary N) is 2. The second kappa shape index (κ2) is 10.9. The Morgan fingerprint density at radius 3 is 2.47 bits per heavy atom. The number of aromatic nitrogens is 2. The van der Waals surface area contributed by atoms with Crippen LogP contribution >= 0.6 is 40.7 Å². The van der Waals surface area contributed by atoms with E-state index in [4.69, 9.17) is 4.98 Å². The van der Waals surface area contributed by atoms with Crippen LogP contribution in [0.5, 0.6) is 0 Å². The molecule has 0 unspecified atom stereocenters. The van der Waals surface area contributed by atoms with Gasteiger partial charge in [-0.25, -0.2) is 4.98 Å². The number of amides is 1. The summed E-state index contributed by atoms with van der Waals surface area (Å²) >= 11 is 3.36. The summed E-state index contributed by atoms with van der Waals surface area (Å²) in [6, 6.07) is 12.7. The van der Waals surface area contributed by atoms with Gasteiger partial charge >= 0.3 is 0 Å². The van der Waals surface area contributed by atoms with Crippen LogP contribution < -0.4 is 10.6 Å². The van der Waals surface area contributed by atoms with E-state index in [2.05, 4.69) is 56.7 Å². The molecule has 1 fully saturated rings. The lowest BCUT2D eigenvalue weighted by Crippen LogP contribution is -2.40. The Bertz CT molecular complexity index is 1010. The summed E-state index contributed by atoms with van der Waals surface area (Å²) in [7, 11) is 0. The highest BCUT2D eigenvalue weighted by atomic mass is 79.9. The lowest BCUT2D eigenvalue weighted by Gasteiger charge is -2.30. The number of halogens is 3. The largest absolute Gasteiger partial charge is 0.367 e. The minimum absolute atomic E-state index is 0. The summed E-state index contributed by atoms with van der Waals surface area (Å²) in [5.41, 5.74) is 2.84. The van der Waals surface area contributed by atoms with Gasteiger partial charge in [-0.3, -0.25) is 9.78 Å². The maximum absolute atomic E-state index is 12.4. The Labute approximate surface area is 197 Å². The molecular weight excluding hydrogens is 487 g/mol. The fourth-order valence-corrected chi connectivity index (χ4v) is 4.18. The number of carbonyl (C=O) groups excluding carboxylic acids is 1. The first-order valence-corrected chi connectivity index (χ1v) is 10.4. The second-order valence-electron chi connectivity index (χ2n) is 7.40. The van der Waals surface area contributed by atoms with Gasteiger partial charge in [-0.1, -0.05) is 18.2 Å². The van der Waals surface area contributed by atoms with E-state index in [1.54, 1.807) is 18.5 Å². The van der Waals surface area contributed by atoms with Crippen molar-refractivity contribution in [3.05, 3.63) is 64.4 Å². The number of rotatable bonds is 4. The molecule has 1 amide bonds. The smallest absolute Gasteiger partial charge is 0.253 e.